The van der Waals surface area contributed by atoms with E-state index in [2.05, 4.69) is 29.8 Å². The maximum Gasteiger partial charge on any atom is 0.246 e. The monoisotopic (exact) mass is 337 g/mol. The third-order valence-electron chi connectivity index (χ3n) is 3.16. The number of carbonyl (C=O) groups excluding carboxylic acids is 1. The quantitative estimate of drug-likeness (QED) is 0.618. The zero-order valence-corrected chi connectivity index (χ0v) is 14.0. The van der Waals surface area contributed by atoms with Gasteiger partial charge in [-0.05, 0) is 36.6 Å². The summed E-state index contributed by atoms with van der Waals surface area (Å²) < 4.78 is 1.05. The number of rotatable bonds is 8. The number of nitrogens with zero attached hydrogens (tertiary/aromatic N) is 1. The summed E-state index contributed by atoms with van der Waals surface area (Å²) in [5, 5.41) is 0. The zero-order valence-electron chi connectivity index (χ0n) is 12.4. The van der Waals surface area contributed by atoms with Crippen LogP contribution in [0.1, 0.15) is 45.1 Å². The molecule has 0 bridgehead atoms. The summed E-state index contributed by atoms with van der Waals surface area (Å²) >= 11 is 3.41. The summed E-state index contributed by atoms with van der Waals surface area (Å²) in [7, 11) is 0. The third kappa shape index (κ3) is 6.38. The number of hydrogen-bond acceptors (Lipinski definition) is 1. The van der Waals surface area contributed by atoms with E-state index >= 15 is 0 Å². The molecule has 3 heteroatoms. The van der Waals surface area contributed by atoms with Crippen LogP contribution in [0.25, 0.3) is 6.08 Å². The van der Waals surface area contributed by atoms with Crippen LogP contribution < -0.4 is 0 Å². The first-order valence-corrected chi connectivity index (χ1v) is 8.19. The van der Waals surface area contributed by atoms with Gasteiger partial charge in [0.15, 0.2) is 0 Å². The van der Waals surface area contributed by atoms with Crippen LogP contribution in [0.3, 0.4) is 0 Å². The van der Waals surface area contributed by atoms with Crippen LogP contribution in [0.15, 0.2) is 34.8 Å². The fraction of sp³-hybridized carbons (Fsp3) is 0.471. The lowest BCUT2D eigenvalue weighted by molar-refractivity contribution is -0.126. The second-order valence-corrected chi connectivity index (χ2v) is 5.83. The lowest BCUT2D eigenvalue weighted by Crippen LogP contribution is -2.31. The van der Waals surface area contributed by atoms with E-state index in [1.165, 1.54) is 0 Å². The largest absolute Gasteiger partial charge is 0.339 e. The molecule has 2 nitrogen and oxygen atoms in total. The van der Waals surface area contributed by atoms with Crippen molar-refractivity contribution < 1.29 is 4.79 Å². The van der Waals surface area contributed by atoms with Crippen molar-refractivity contribution in [2.75, 3.05) is 13.1 Å². The maximum atomic E-state index is 12.2. The molecule has 1 aromatic carbocycles. The Morgan fingerprint density at radius 2 is 1.65 bits per heavy atom. The van der Waals surface area contributed by atoms with E-state index in [9.17, 15) is 4.79 Å². The molecule has 0 N–H and O–H groups in total. The molecule has 0 atom stereocenters. The Labute approximate surface area is 131 Å². The molecule has 0 heterocycles. The van der Waals surface area contributed by atoms with Gasteiger partial charge in [-0.15, -0.1) is 0 Å². The fourth-order valence-electron chi connectivity index (χ4n) is 1.88. The van der Waals surface area contributed by atoms with E-state index in [1.54, 1.807) is 6.08 Å². The van der Waals surface area contributed by atoms with Gasteiger partial charge in [-0.25, -0.2) is 0 Å². The van der Waals surface area contributed by atoms with Gasteiger partial charge in [-0.1, -0.05) is 54.8 Å². The van der Waals surface area contributed by atoms with Crippen molar-refractivity contribution in [3.63, 3.8) is 0 Å². The predicted octanol–water partition coefficient (Wildman–Crippen LogP) is 4.89. The lowest BCUT2D eigenvalue weighted by Gasteiger charge is -2.20. The van der Waals surface area contributed by atoms with E-state index in [4.69, 9.17) is 0 Å². The molecular formula is C17H24BrNO. The Kier molecular flexibility index (Phi) is 8.28. The van der Waals surface area contributed by atoms with Crippen molar-refractivity contribution in [2.24, 2.45) is 0 Å². The summed E-state index contributed by atoms with van der Waals surface area (Å²) in [5.41, 5.74) is 1.05. The highest BCUT2D eigenvalue weighted by Gasteiger charge is 2.08. The number of benzene rings is 1. The van der Waals surface area contributed by atoms with Crippen LogP contribution in [0.5, 0.6) is 0 Å². The molecule has 0 aliphatic carbocycles. The highest BCUT2D eigenvalue weighted by atomic mass is 79.9. The van der Waals surface area contributed by atoms with Crippen molar-refractivity contribution in [1.82, 2.24) is 4.90 Å². The number of carbonyl (C=O) groups is 1. The first kappa shape index (κ1) is 17.0. The minimum absolute atomic E-state index is 0.120. The van der Waals surface area contributed by atoms with Gasteiger partial charge in [0.25, 0.3) is 0 Å². The van der Waals surface area contributed by atoms with Gasteiger partial charge in [0.05, 0.1) is 0 Å². The van der Waals surface area contributed by atoms with Crippen molar-refractivity contribution >= 4 is 27.9 Å². The van der Waals surface area contributed by atoms with E-state index in [0.717, 1.165) is 48.8 Å². The smallest absolute Gasteiger partial charge is 0.246 e. The summed E-state index contributed by atoms with van der Waals surface area (Å²) in [6.07, 6.45) is 7.95. The molecule has 1 aromatic rings. The summed E-state index contributed by atoms with van der Waals surface area (Å²) in [4.78, 5) is 14.2. The molecule has 0 spiro atoms. The topological polar surface area (TPSA) is 20.3 Å². The molecule has 1 amide bonds. The molecule has 110 valence electrons. The molecule has 0 saturated carbocycles. The van der Waals surface area contributed by atoms with Crippen molar-refractivity contribution in [1.29, 1.82) is 0 Å². The first-order chi connectivity index (χ1) is 9.67. The second kappa shape index (κ2) is 9.76. The van der Waals surface area contributed by atoms with Gasteiger partial charge >= 0.3 is 0 Å². The van der Waals surface area contributed by atoms with E-state index in [0.29, 0.717) is 0 Å². The van der Waals surface area contributed by atoms with Crippen LogP contribution in [-0.4, -0.2) is 23.9 Å². The van der Waals surface area contributed by atoms with E-state index in [-0.39, 0.29) is 5.91 Å². The maximum absolute atomic E-state index is 12.2. The number of unbranched alkanes of at least 4 members (excludes halogenated alkanes) is 2. The van der Waals surface area contributed by atoms with Gasteiger partial charge in [-0.2, -0.15) is 0 Å². The van der Waals surface area contributed by atoms with Gasteiger partial charge in [0.1, 0.15) is 0 Å². The molecule has 0 saturated heterocycles. The number of hydrogen-bond donors (Lipinski definition) is 0. The lowest BCUT2D eigenvalue weighted by atomic mass is 10.2. The Bertz CT molecular complexity index is 417. The van der Waals surface area contributed by atoms with E-state index < -0.39 is 0 Å². The molecule has 0 aliphatic heterocycles. The van der Waals surface area contributed by atoms with Crippen molar-refractivity contribution in [2.45, 2.75) is 39.5 Å². The zero-order chi connectivity index (χ0) is 14.8. The van der Waals surface area contributed by atoms with E-state index in [1.807, 2.05) is 35.2 Å². The van der Waals surface area contributed by atoms with Crippen LogP contribution in [0.2, 0.25) is 0 Å². The Morgan fingerprint density at radius 1 is 1.10 bits per heavy atom. The average Bonchev–Trinajstić information content (AvgIpc) is 2.46. The molecule has 20 heavy (non-hydrogen) atoms. The summed E-state index contributed by atoms with van der Waals surface area (Å²) in [5.74, 6) is 0.120. The van der Waals surface area contributed by atoms with Crippen LogP contribution in [-0.2, 0) is 4.79 Å². The second-order valence-electron chi connectivity index (χ2n) is 4.92. The molecule has 0 unspecified atom stereocenters. The summed E-state index contributed by atoms with van der Waals surface area (Å²) in [6.45, 7) is 6.03. The number of amides is 1. The Hall–Kier alpha value is -1.09. The Morgan fingerprint density at radius 3 is 2.15 bits per heavy atom. The minimum atomic E-state index is 0.120. The molecule has 0 radical (unpaired) electrons. The van der Waals surface area contributed by atoms with Gasteiger partial charge in [0.2, 0.25) is 5.91 Å². The average molecular weight is 338 g/mol. The highest BCUT2D eigenvalue weighted by molar-refractivity contribution is 9.10. The number of halogens is 1. The Balaban J connectivity index is 2.61. The predicted molar refractivity (Wildman–Crippen MR) is 89.6 cm³/mol. The van der Waals surface area contributed by atoms with Crippen molar-refractivity contribution in [3.8, 4) is 0 Å². The first-order valence-electron chi connectivity index (χ1n) is 7.40. The van der Waals surface area contributed by atoms with Crippen LogP contribution in [0.4, 0.5) is 0 Å². The van der Waals surface area contributed by atoms with Crippen LogP contribution in [0, 0.1) is 0 Å². The van der Waals surface area contributed by atoms with Crippen molar-refractivity contribution in [3.05, 3.63) is 40.4 Å². The normalized spacial score (nSPS) is 10.9. The van der Waals surface area contributed by atoms with Gasteiger partial charge in [0, 0.05) is 23.6 Å². The third-order valence-corrected chi connectivity index (χ3v) is 3.69. The molecule has 1 rings (SSSR count). The highest BCUT2D eigenvalue weighted by Crippen LogP contribution is 2.12. The molecule has 0 fully saturated rings. The standard InChI is InChI=1S/C17H24BrNO/c1-3-5-13-19(14-6-4-2)17(20)12-9-15-7-10-16(18)11-8-15/h7-12H,3-6,13-14H2,1-2H3. The SMILES string of the molecule is CCCCN(CCCC)C(=O)C=Cc1ccc(Br)cc1. The van der Waals surface area contributed by atoms with Crippen LogP contribution >= 0.6 is 15.9 Å². The van der Waals surface area contributed by atoms with Gasteiger partial charge < -0.3 is 4.90 Å². The molecular weight excluding hydrogens is 314 g/mol. The van der Waals surface area contributed by atoms with Gasteiger partial charge in [-0.3, -0.25) is 4.79 Å². The molecule has 0 aromatic heterocycles. The molecule has 0 aliphatic rings. The summed E-state index contributed by atoms with van der Waals surface area (Å²) in [6, 6.07) is 7.96. The fourth-order valence-corrected chi connectivity index (χ4v) is 2.14. The minimum Gasteiger partial charge on any atom is -0.339 e.